The number of ether oxygens (including phenoxy) is 1. The Balaban J connectivity index is 3.14. The Morgan fingerprint density at radius 2 is 1.94 bits per heavy atom. The number of hydrogen-bond acceptors (Lipinski definition) is 3. The van der Waals surface area contributed by atoms with E-state index < -0.39 is 0 Å². The van der Waals surface area contributed by atoms with Gasteiger partial charge < -0.3 is 4.74 Å². The molecule has 1 aromatic heterocycles. The fraction of sp³-hybridized carbons (Fsp3) is 0.571. The third kappa shape index (κ3) is 3.29. The minimum absolute atomic E-state index is 0.00287. The Bertz CT molecular complexity index is 405. The number of pyridine rings is 1. The quantitative estimate of drug-likeness (QED) is 0.756. The van der Waals surface area contributed by atoms with Crippen LogP contribution in [0.2, 0.25) is 0 Å². The maximum Gasteiger partial charge on any atom is 0.339 e. The molecule has 1 heterocycles. The highest BCUT2D eigenvalue weighted by atomic mass is 16.5. The van der Waals surface area contributed by atoms with Crippen LogP contribution in [0.5, 0.6) is 0 Å². The maximum atomic E-state index is 11.7. The van der Waals surface area contributed by atoms with Crippen LogP contribution in [0.15, 0.2) is 12.1 Å². The van der Waals surface area contributed by atoms with Crippen LogP contribution in [0, 0.1) is 0 Å². The van der Waals surface area contributed by atoms with E-state index in [1.165, 1.54) is 0 Å². The van der Waals surface area contributed by atoms with E-state index in [9.17, 15) is 4.79 Å². The lowest BCUT2D eigenvalue weighted by Gasteiger charge is -2.19. The molecule has 0 atom stereocenters. The van der Waals surface area contributed by atoms with E-state index in [4.69, 9.17) is 4.74 Å². The molecule has 0 saturated heterocycles. The Hall–Kier alpha value is -1.38. The monoisotopic (exact) mass is 235 g/mol. The molecular formula is C14H21NO2. The number of rotatable bonds is 3. The second kappa shape index (κ2) is 5.30. The molecule has 17 heavy (non-hydrogen) atoms. The smallest absolute Gasteiger partial charge is 0.339 e. The molecule has 0 unspecified atom stereocenters. The van der Waals surface area contributed by atoms with Gasteiger partial charge >= 0.3 is 5.97 Å². The molecule has 0 fully saturated rings. The molecular weight excluding hydrogens is 214 g/mol. The first kappa shape index (κ1) is 13.7. The summed E-state index contributed by atoms with van der Waals surface area (Å²) in [5.41, 5.74) is 2.40. The SMILES string of the molecule is CCOC(=O)c1ccc(C(C)(C)C)nc1CC. The van der Waals surface area contributed by atoms with Gasteiger partial charge in [-0.15, -0.1) is 0 Å². The Kier molecular flexibility index (Phi) is 4.27. The number of carbonyl (C=O) groups excluding carboxylic acids is 1. The molecule has 0 N–H and O–H groups in total. The molecule has 1 aromatic rings. The van der Waals surface area contributed by atoms with Crippen LogP contribution >= 0.6 is 0 Å². The largest absolute Gasteiger partial charge is 0.462 e. The zero-order chi connectivity index (χ0) is 13.1. The maximum absolute atomic E-state index is 11.7. The fourth-order valence-electron chi connectivity index (χ4n) is 1.58. The molecule has 1 rings (SSSR count). The van der Waals surface area contributed by atoms with Crippen LogP contribution in [0.1, 0.15) is 56.4 Å². The van der Waals surface area contributed by atoms with E-state index in [1.807, 2.05) is 19.1 Å². The summed E-state index contributed by atoms with van der Waals surface area (Å²) in [6, 6.07) is 3.73. The predicted molar refractivity (Wildman–Crippen MR) is 68.3 cm³/mol. The van der Waals surface area contributed by atoms with Gasteiger partial charge in [-0.25, -0.2) is 4.79 Å². The molecule has 3 heteroatoms. The lowest BCUT2D eigenvalue weighted by molar-refractivity contribution is 0.0524. The molecule has 0 radical (unpaired) electrons. The number of esters is 1. The summed E-state index contributed by atoms with van der Waals surface area (Å²) in [4.78, 5) is 16.3. The highest BCUT2D eigenvalue weighted by Gasteiger charge is 2.19. The van der Waals surface area contributed by atoms with Gasteiger partial charge in [-0.05, 0) is 25.5 Å². The minimum atomic E-state index is -0.280. The fourth-order valence-corrected chi connectivity index (χ4v) is 1.58. The highest BCUT2D eigenvalue weighted by molar-refractivity contribution is 5.90. The number of nitrogens with zero attached hydrogens (tertiary/aromatic N) is 1. The molecule has 94 valence electrons. The molecule has 0 amide bonds. The molecule has 0 spiro atoms. The average molecular weight is 235 g/mol. The number of hydrogen-bond donors (Lipinski definition) is 0. The Morgan fingerprint density at radius 1 is 1.29 bits per heavy atom. The van der Waals surface area contributed by atoms with E-state index >= 15 is 0 Å². The summed E-state index contributed by atoms with van der Waals surface area (Å²) in [6.45, 7) is 10.5. The summed E-state index contributed by atoms with van der Waals surface area (Å²) < 4.78 is 5.02. The second-order valence-corrected chi connectivity index (χ2v) is 5.01. The van der Waals surface area contributed by atoms with E-state index in [2.05, 4.69) is 25.8 Å². The van der Waals surface area contributed by atoms with Gasteiger partial charge in [-0.1, -0.05) is 27.7 Å². The van der Waals surface area contributed by atoms with Gasteiger partial charge in [0.15, 0.2) is 0 Å². The molecule has 0 saturated carbocycles. The van der Waals surface area contributed by atoms with Crippen molar-refractivity contribution in [1.29, 1.82) is 0 Å². The van der Waals surface area contributed by atoms with Crippen molar-refractivity contribution in [2.75, 3.05) is 6.61 Å². The Morgan fingerprint density at radius 3 is 2.41 bits per heavy atom. The van der Waals surface area contributed by atoms with Crippen molar-refractivity contribution in [3.8, 4) is 0 Å². The zero-order valence-corrected chi connectivity index (χ0v) is 11.3. The molecule has 0 aliphatic rings. The van der Waals surface area contributed by atoms with Crippen molar-refractivity contribution in [2.45, 2.75) is 46.5 Å². The van der Waals surface area contributed by atoms with Crippen molar-refractivity contribution >= 4 is 5.97 Å². The molecule has 0 aliphatic heterocycles. The summed E-state index contributed by atoms with van der Waals surface area (Å²) in [6.07, 6.45) is 0.734. The molecule has 0 aromatic carbocycles. The van der Waals surface area contributed by atoms with E-state index in [0.717, 1.165) is 17.8 Å². The third-order valence-electron chi connectivity index (χ3n) is 2.57. The van der Waals surface area contributed by atoms with Crippen molar-refractivity contribution in [1.82, 2.24) is 4.98 Å². The van der Waals surface area contributed by atoms with Crippen LogP contribution < -0.4 is 0 Å². The number of aryl methyl sites for hydroxylation is 1. The van der Waals surface area contributed by atoms with Gasteiger partial charge in [0, 0.05) is 11.1 Å². The van der Waals surface area contributed by atoms with Crippen LogP contribution in [-0.2, 0) is 16.6 Å². The van der Waals surface area contributed by atoms with Crippen molar-refractivity contribution < 1.29 is 9.53 Å². The first-order valence-electron chi connectivity index (χ1n) is 6.07. The van der Waals surface area contributed by atoms with Crippen molar-refractivity contribution in [3.63, 3.8) is 0 Å². The zero-order valence-electron chi connectivity index (χ0n) is 11.3. The standard InChI is InChI=1S/C14H21NO2/c1-6-11-10(13(16)17-7-2)8-9-12(15-11)14(3,4)5/h8-9H,6-7H2,1-5H3. The third-order valence-corrected chi connectivity index (χ3v) is 2.57. The van der Waals surface area contributed by atoms with Crippen molar-refractivity contribution in [2.24, 2.45) is 0 Å². The molecule has 0 bridgehead atoms. The van der Waals surface area contributed by atoms with Gasteiger partial charge in [-0.3, -0.25) is 4.98 Å². The summed E-state index contributed by atoms with van der Waals surface area (Å²) in [7, 11) is 0. The van der Waals surface area contributed by atoms with Crippen LogP contribution in [0.4, 0.5) is 0 Å². The van der Waals surface area contributed by atoms with Crippen LogP contribution in [0.25, 0.3) is 0 Å². The lowest BCUT2D eigenvalue weighted by atomic mass is 9.91. The van der Waals surface area contributed by atoms with Gasteiger partial charge in [0.25, 0.3) is 0 Å². The van der Waals surface area contributed by atoms with Gasteiger partial charge in [0.05, 0.1) is 17.9 Å². The normalized spacial score (nSPS) is 11.4. The summed E-state index contributed by atoms with van der Waals surface area (Å²) in [5, 5.41) is 0. The van der Waals surface area contributed by atoms with Gasteiger partial charge in [-0.2, -0.15) is 0 Å². The lowest BCUT2D eigenvalue weighted by Crippen LogP contribution is -2.17. The molecule has 0 aliphatic carbocycles. The topological polar surface area (TPSA) is 39.2 Å². The Labute approximate surface area is 103 Å². The van der Waals surface area contributed by atoms with E-state index in [-0.39, 0.29) is 11.4 Å². The first-order chi connectivity index (χ1) is 7.90. The number of carbonyl (C=O) groups is 1. The summed E-state index contributed by atoms with van der Waals surface area (Å²) >= 11 is 0. The second-order valence-electron chi connectivity index (χ2n) is 5.01. The highest BCUT2D eigenvalue weighted by Crippen LogP contribution is 2.22. The first-order valence-corrected chi connectivity index (χ1v) is 6.07. The van der Waals surface area contributed by atoms with Crippen molar-refractivity contribution in [3.05, 3.63) is 29.1 Å². The van der Waals surface area contributed by atoms with E-state index in [0.29, 0.717) is 12.2 Å². The van der Waals surface area contributed by atoms with Gasteiger partial charge in [0.1, 0.15) is 0 Å². The van der Waals surface area contributed by atoms with Gasteiger partial charge in [0.2, 0.25) is 0 Å². The number of aromatic nitrogens is 1. The summed E-state index contributed by atoms with van der Waals surface area (Å²) in [5.74, 6) is -0.280. The minimum Gasteiger partial charge on any atom is -0.462 e. The average Bonchev–Trinajstić information content (AvgIpc) is 2.27. The molecule has 3 nitrogen and oxygen atoms in total. The predicted octanol–water partition coefficient (Wildman–Crippen LogP) is 3.12. The van der Waals surface area contributed by atoms with E-state index in [1.54, 1.807) is 6.92 Å². The van der Waals surface area contributed by atoms with Crippen LogP contribution in [0.3, 0.4) is 0 Å². The van der Waals surface area contributed by atoms with Crippen LogP contribution in [-0.4, -0.2) is 17.6 Å².